The first-order valence-electron chi connectivity index (χ1n) is 6.33. The van der Waals surface area contributed by atoms with Crippen LogP contribution in [0.25, 0.3) is 0 Å². The average Bonchev–Trinajstić information content (AvgIpc) is 2.87. The molecule has 0 saturated heterocycles. The predicted octanol–water partition coefficient (Wildman–Crippen LogP) is 4.60. The lowest BCUT2D eigenvalue weighted by molar-refractivity contribution is 0.103. The molecule has 1 amide bonds. The van der Waals surface area contributed by atoms with Gasteiger partial charge in [-0.3, -0.25) is 4.79 Å². The number of alkyl halides is 1. The highest BCUT2D eigenvalue weighted by Crippen LogP contribution is 2.26. The zero-order valence-corrected chi connectivity index (χ0v) is 13.8. The third-order valence-electron chi connectivity index (χ3n) is 2.73. The maximum absolute atomic E-state index is 12.1. The van der Waals surface area contributed by atoms with Crippen molar-refractivity contribution in [3.8, 4) is 5.75 Å². The van der Waals surface area contributed by atoms with Gasteiger partial charge in [0.15, 0.2) is 0 Å². The first kappa shape index (κ1) is 15.1. The van der Waals surface area contributed by atoms with Crippen LogP contribution in [-0.4, -0.2) is 12.5 Å². The number of halogens is 1. The summed E-state index contributed by atoms with van der Waals surface area (Å²) in [5.74, 6) is 0.766. The van der Waals surface area contributed by atoms with E-state index in [2.05, 4.69) is 21.2 Å². The van der Waals surface area contributed by atoms with E-state index in [1.54, 1.807) is 0 Å². The number of amides is 1. The molecule has 1 heterocycles. The number of benzene rings is 1. The van der Waals surface area contributed by atoms with Crippen molar-refractivity contribution in [2.24, 2.45) is 0 Å². The van der Waals surface area contributed by atoms with Crippen LogP contribution in [0.1, 0.15) is 27.0 Å². The summed E-state index contributed by atoms with van der Waals surface area (Å²) in [6, 6.07) is 9.46. The summed E-state index contributed by atoms with van der Waals surface area (Å²) in [6.45, 7) is 4.56. The van der Waals surface area contributed by atoms with Gasteiger partial charge in [-0.25, -0.2) is 0 Å². The van der Waals surface area contributed by atoms with Crippen molar-refractivity contribution in [2.75, 3.05) is 11.9 Å². The molecule has 0 aliphatic rings. The van der Waals surface area contributed by atoms with Crippen molar-refractivity contribution < 1.29 is 9.53 Å². The van der Waals surface area contributed by atoms with Gasteiger partial charge >= 0.3 is 0 Å². The second kappa shape index (κ2) is 6.90. The minimum Gasteiger partial charge on any atom is -0.494 e. The summed E-state index contributed by atoms with van der Waals surface area (Å²) >= 11 is 4.93. The Hall–Kier alpha value is -1.33. The van der Waals surface area contributed by atoms with E-state index in [0.717, 1.165) is 26.8 Å². The molecule has 5 heteroatoms. The molecule has 106 valence electrons. The zero-order valence-electron chi connectivity index (χ0n) is 11.4. The summed E-state index contributed by atoms with van der Waals surface area (Å²) in [4.78, 5) is 13.9. The normalized spacial score (nSPS) is 10.3. The van der Waals surface area contributed by atoms with Crippen molar-refractivity contribution in [3.05, 3.63) is 45.6 Å². The summed E-state index contributed by atoms with van der Waals surface area (Å²) < 4.78 is 5.54. The zero-order chi connectivity index (χ0) is 14.5. The predicted molar refractivity (Wildman–Crippen MR) is 87.3 cm³/mol. The number of thiophene rings is 1. The van der Waals surface area contributed by atoms with E-state index in [1.165, 1.54) is 11.3 Å². The fraction of sp³-hybridized carbons (Fsp3) is 0.267. The fourth-order valence-electron chi connectivity index (χ4n) is 1.81. The van der Waals surface area contributed by atoms with Crippen molar-refractivity contribution in [1.82, 2.24) is 0 Å². The number of rotatable bonds is 5. The molecule has 1 N–H and O–H groups in total. The van der Waals surface area contributed by atoms with Crippen molar-refractivity contribution in [3.63, 3.8) is 0 Å². The molecule has 0 aliphatic carbocycles. The molecule has 3 nitrogen and oxygen atoms in total. The number of nitrogens with one attached hydrogen (secondary N) is 1. The fourth-order valence-corrected chi connectivity index (χ4v) is 3.01. The maximum Gasteiger partial charge on any atom is 0.265 e. The standard InChI is InChI=1S/C15H16BrNO2S/c1-3-19-13-6-5-12(8-11(13)9-16)17-15(18)14-7-4-10(2)20-14/h4-8H,3,9H2,1-2H3,(H,17,18). The van der Waals surface area contributed by atoms with Gasteiger partial charge in [0.1, 0.15) is 5.75 Å². The third kappa shape index (κ3) is 3.61. The minimum absolute atomic E-state index is 0.0761. The smallest absolute Gasteiger partial charge is 0.265 e. The number of aryl methyl sites for hydroxylation is 1. The van der Waals surface area contributed by atoms with Crippen LogP contribution in [-0.2, 0) is 5.33 Å². The molecule has 2 rings (SSSR count). The van der Waals surface area contributed by atoms with Gasteiger partial charge in [0.05, 0.1) is 11.5 Å². The summed E-state index contributed by atoms with van der Waals surface area (Å²) in [5.41, 5.74) is 1.80. The van der Waals surface area contributed by atoms with Crippen molar-refractivity contribution in [2.45, 2.75) is 19.2 Å². The first-order chi connectivity index (χ1) is 9.63. The SMILES string of the molecule is CCOc1ccc(NC(=O)c2ccc(C)s2)cc1CBr. The van der Waals surface area contributed by atoms with Gasteiger partial charge in [0.2, 0.25) is 0 Å². The molecule has 0 saturated carbocycles. The van der Waals surface area contributed by atoms with Gasteiger partial charge in [-0.2, -0.15) is 0 Å². The van der Waals surface area contributed by atoms with Gasteiger partial charge in [-0.15, -0.1) is 11.3 Å². The van der Waals surface area contributed by atoms with Gasteiger partial charge in [0, 0.05) is 21.5 Å². The molecule has 0 atom stereocenters. The Bertz CT molecular complexity index is 610. The van der Waals surface area contributed by atoms with Crippen LogP contribution in [0.15, 0.2) is 30.3 Å². The van der Waals surface area contributed by atoms with Crippen LogP contribution < -0.4 is 10.1 Å². The van der Waals surface area contributed by atoms with E-state index < -0.39 is 0 Å². The van der Waals surface area contributed by atoms with E-state index in [1.807, 2.05) is 44.2 Å². The minimum atomic E-state index is -0.0761. The van der Waals surface area contributed by atoms with Gasteiger partial charge < -0.3 is 10.1 Å². The molecule has 2 aromatic rings. The molecule has 1 aromatic carbocycles. The van der Waals surface area contributed by atoms with Crippen molar-refractivity contribution in [1.29, 1.82) is 0 Å². The number of carbonyl (C=O) groups excluding carboxylic acids is 1. The number of hydrogen-bond acceptors (Lipinski definition) is 3. The molecule has 0 spiro atoms. The highest BCUT2D eigenvalue weighted by Gasteiger charge is 2.10. The summed E-state index contributed by atoms with van der Waals surface area (Å²) in [6.07, 6.45) is 0. The van der Waals surface area contributed by atoms with Gasteiger partial charge in [0.25, 0.3) is 5.91 Å². The van der Waals surface area contributed by atoms with Crippen LogP contribution in [0.5, 0.6) is 5.75 Å². The number of hydrogen-bond donors (Lipinski definition) is 1. The Morgan fingerprint density at radius 2 is 2.15 bits per heavy atom. The van der Waals surface area contributed by atoms with Crippen molar-refractivity contribution >= 4 is 38.9 Å². The molecule has 0 unspecified atom stereocenters. The van der Waals surface area contributed by atoms with Crippen LogP contribution in [0.4, 0.5) is 5.69 Å². The molecule has 0 fully saturated rings. The molecule has 0 bridgehead atoms. The number of carbonyl (C=O) groups is 1. The van der Waals surface area contributed by atoms with Crippen LogP contribution in [0.2, 0.25) is 0 Å². The second-order valence-corrected chi connectivity index (χ2v) is 6.10. The second-order valence-electron chi connectivity index (χ2n) is 4.25. The Labute approximate surface area is 131 Å². The molecular weight excluding hydrogens is 338 g/mol. The highest BCUT2D eigenvalue weighted by molar-refractivity contribution is 9.08. The molecule has 0 radical (unpaired) electrons. The van der Waals surface area contributed by atoms with Crippen LogP contribution in [0.3, 0.4) is 0 Å². The molecule has 0 aliphatic heterocycles. The topological polar surface area (TPSA) is 38.3 Å². The van der Waals surface area contributed by atoms with E-state index in [9.17, 15) is 4.79 Å². The quantitative estimate of drug-likeness (QED) is 0.797. The summed E-state index contributed by atoms with van der Waals surface area (Å²) in [7, 11) is 0. The van der Waals surface area contributed by atoms with E-state index in [-0.39, 0.29) is 5.91 Å². The van der Waals surface area contributed by atoms with E-state index in [4.69, 9.17) is 4.74 Å². The van der Waals surface area contributed by atoms with E-state index in [0.29, 0.717) is 11.9 Å². The third-order valence-corrected chi connectivity index (χ3v) is 4.33. The van der Waals surface area contributed by atoms with Crippen LogP contribution >= 0.6 is 27.3 Å². The molecule has 1 aromatic heterocycles. The summed E-state index contributed by atoms with van der Waals surface area (Å²) in [5, 5.41) is 3.60. The Balaban J connectivity index is 2.15. The highest BCUT2D eigenvalue weighted by atomic mass is 79.9. The molecular formula is C15H16BrNO2S. The average molecular weight is 354 g/mol. The lowest BCUT2D eigenvalue weighted by Gasteiger charge is -2.11. The Kier molecular flexibility index (Phi) is 5.20. The molecule has 20 heavy (non-hydrogen) atoms. The lowest BCUT2D eigenvalue weighted by atomic mass is 10.2. The van der Waals surface area contributed by atoms with Crippen LogP contribution in [0, 0.1) is 6.92 Å². The lowest BCUT2D eigenvalue weighted by Crippen LogP contribution is -2.10. The van der Waals surface area contributed by atoms with Gasteiger partial charge in [-0.05, 0) is 44.2 Å². The Morgan fingerprint density at radius 1 is 1.35 bits per heavy atom. The van der Waals surface area contributed by atoms with Gasteiger partial charge in [-0.1, -0.05) is 15.9 Å². The van der Waals surface area contributed by atoms with E-state index >= 15 is 0 Å². The monoisotopic (exact) mass is 353 g/mol. The Morgan fingerprint density at radius 3 is 2.75 bits per heavy atom. The first-order valence-corrected chi connectivity index (χ1v) is 8.27. The number of ether oxygens (including phenoxy) is 1. The maximum atomic E-state index is 12.1. The number of anilines is 1. The largest absolute Gasteiger partial charge is 0.494 e.